The third-order valence-corrected chi connectivity index (χ3v) is 6.40. The quantitative estimate of drug-likeness (QED) is 0.210. The van der Waals surface area contributed by atoms with Gasteiger partial charge >= 0.3 is 6.03 Å². The van der Waals surface area contributed by atoms with E-state index in [1.54, 1.807) is 29.4 Å². The van der Waals surface area contributed by atoms with Crippen molar-refractivity contribution in [3.8, 4) is 5.75 Å². The molecule has 4 rings (SSSR count). The molecule has 0 saturated heterocycles. The molecule has 0 radical (unpaired) electrons. The molecular formula is C32H35N3O4. The number of carbonyl (C=O) groups is 2. The standard InChI is InChI=1S/C32H35N3O4/c1-2-38-28-17-15-27(16-18-28)34-32(37)35(24-29-14-9-23-39-29)22-20-31(36)33-21-19-30(25-10-5-3-6-11-25)26-12-7-4-8-13-26/h3-18,23,30H,2,19-22,24H2,1H3,(H,33,36)(H,34,37). The van der Waals surface area contributed by atoms with Crippen LogP contribution in [0.3, 0.4) is 0 Å². The van der Waals surface area contributed by atoms with Crippen molar-refractivity contribution < 1.29 is 18.7 Å². The van der Waals surface area contributed by atoms with Crippen LogP contribution in [0, 0.1) is 0 Å². The van der Waals surface area contributed by atoms with Crippen LogP contribution in [0.15, 0.2) is 108 Å². The minimum Gasteiger partial charge on any atom is -0.494 e. The average molecular weight is 526 g/mol. The van der Waals surface area contributed by atoms with Crippen LogP contribution < -0.4 is 15.4 Å². The molecular weight excluding hydrogens is 490 g/mol. The van der Waals surface area contributed by atoms with Gasteiger partial charge in [0.15, 0.2) is 0 Å². The monoisotopic (exact) mass is 525 g/mol. The Labute approximate surface area is 229 Å². The van der Waals surface area contributed by atoms with Crippen molar-refractivity contribution in [2.24, 2.45) is 0 Å². The van der Waals surface area contributed by atoms with Gasteiger partial charge in [-0.15, -0.1) is 0 Å². The fourth-order valence-electron chi connectivity index (χ4n) is 4.42. The average Bonchev–Trinajstić information content (AvgIpc) is 3.49. The number of nitrogens with zero attached hydrogens (tertiary/aromatic N) is 1. The molecule has 3 amide bonds. The molecule has 1 heterocycles. The Balaban J connectivity index is 1.32. The third-order valence-electron chi connectivity index (χ3n) is 6.40. The van der Waals surface area contributed by atoms with Crippen LogP contribution in [0.5, 0.6) is 5.75 Å². The van der Waals surface area contributed by atoms with Gasteiger partial charge in [-0.05, 0) is 60.9 Å². The maximum absolute atomic E-state index is 13.1. The summed E-state index contributed by atoms with van der Waals surface area (Å²) in [6, 6.07) is 31.1. The van der Waals surface area contributed by atoms with Gasteiger partial charge in [-0.25, -0.2) is 4.79 Å². The highest BCUT2D eigenvalue weighted by atomic mass is 16.5. The number of ether oxygens (including phenoxy) is 1. The number of hydrogen-bond acceptors (Lipinski definition) is 4. The Morgan fingerprint density at radius 3 is 2.13 bits per heavy atom. The normalized spacial score (nSPS) is 10.7. The van der Waals surface area contributed by atoms with E-state index in [1.807, 2.05) is 61.5 Å². The minimum atomic E-state index is -0.309. The van der Waals surface area contributed by atoms with Crippen LogP contribution in [0.1, 0.15) is 42.6 Å². The lowest BCUT2D eigenvalue weighted by Gasteiger charge is -2.22. The first-order valence-electron chi connectivity index (χ1n) is 13.3. The molecule has 0 aliphatic rings. The molecule has 0 spiro atoms. The SMILES string of the molecule is CCOc1ccc(NC(=O)N(CCC(=O)NCCC(c2ccccc2)c2ccccc2)Cc2ccco2)cc1. The van der Waals surface area contributed by atoms with Crippen molar-refractivity contribution >= 4 is 17.6 Å². The van der Waals surface area contributed by atoms with Crippen molar-refractivity contribution in [1.82, 2.24) is 10.2 Å². The Hall–Kier alpha value is -4.52. The van der Waals surface area contributed by atoms with Crippen molar-refractivity contribution in [1.29, 1.82) is 0 Å². The lowest BCUT2D eigenvalue weighted by molar-refractivity contribution is -0.121. The number of rotatable bonds is 13. The molecule has 3 aromatic carbocycles. The summed E-state index contributed by atoms with van der Waals surface area (Å²) in [7, 11) is 0. The second kappa shape index (κ2) is 14.4. The Morgan fingerprint density at radius 2 is 1.54 bits per heavy atom. The Bertz CT molecular complexity index is 1240. The molecule has 0 aliphatic carbocycles. The first kappa shape index (κ1) is 27.5. The molecule has 1 aromatic heterocycles. The zero-order valence-corrected chi connectivity index (χ0v) is 22.2. The van der Waals surface area contributed by atoms with Crippen molar-refractivity contribution in [2.45, 2.75) is 32.2 Å². The summed E-state index contributed by atoms with van der Waals surface area (Å²) in [6.07, 6.45) is 2.52. The molecule has 0 unspecified atom stereocenters. The second-order valence-corrected chi connectivity index (χ2v) is 9.15. The Kier molecular flexibility index (Phi) is 10.2. The van der Waals surface area contributed by atoms with Crippen molar-refractivity contribution in [3.63, 3.8) is 0 Å². The van der Waals surface area contributed by atoms with E-state index in [-0.39, 0.29) is 37.4 Å². The molecule has 4 aromatic rings. The predicted octanol–water partition coefficient (Wildman–Crippen LogP) is 6.44. The van der Waals surface area contributed by atoms with Gasteiger partial charge in [-0.3, -0.25) is 4.79 Å². The largest absolute Gasteiger partial charge is 0.494 e. The summed E-state index contributed by atoms with van der Waals surface area (Å²) in [5.41, 5.74) is 3.08. The number of benzene rings is 3. The number of nitrogens with one attached hydrogen (secondary N) is 2. The van der Waals surface area contributed by atoms with Gasteiger partial charge in [0.25, 0.3) is 0 Å². The fraction of sp³-hybridized carbons (Fsp3) is 0.250. The molecule has 0 bridgehead atoms. The zero-order chi connectivity index (χ0) is 27.3. The summed E-state index contributed by atoms with van der Waals surface area (Å²) in [5.74, 6) is 1.46. The van der Waals surface area contributed by atoms with Crippen LogP contribution in [-0.2, 0) is 11.3 Å². The van der Waals surface area contributed by atoms with Gasteiger partial charge in [0.1, 0.15) is 11.5 Å². The molecule has 2 N–H and O–H groups in total. The van der Waals surface area contributed by atoms with Crippen LogP contribution in [0.25, 0.3) is 0 Å². The smallest absolute Gasteiger partial charge is 0.322 e. The number of hydrogen-bond donors (Lipinski definition) is 2. The predicted molar refractivity (Wildman–Crippen MR) is 153 cm³/mol. The minimum absolute atomic E-state index is 0.104. The van der Waals surface area contributed by atoms with E-state index < -0.39 is 0 Å². The van der Waals surface area contributed by atoms with Gasteiger partial charge in [-0.2, -0.15) is 0 Å². The molecule has 7 heteroatoms. The van der Waals surface area contributed by atoms with E-state index in [0.29, 0.717) is 24.6 Å². The highest BCUT2D eigenvalue weighted by Crippen LogP contribution is 2.27. The fourth-order valence-corrected chi connectivity index (χ4v) is 4.42. The highest BCUT2D eigenvalue weighted by Gasteiger charge is 2.18. The first-order valence-corrected chi connectivity index (χ1v) is 13.3. The molecule has 0 atom stereocenters. The van der Waals surface area contributed by atoms with E-state index in [0.717, 1.165) is 12.2 Å². The van der Waals surface area contributed by atoms with Crippen molar-refractivity contribution in [3.05, 3.63) is 120 Å². The lowest BCUT2D eigenvalue weighted by Crippen LogP contribution is -2.37. The van der Waals surface area contributed by atoms with Gasteiger partial charge in [0.2, 0.25) is 5.91 Å². The van der Waals surface area contributed by atoms with Crippen LogP contribution in [0.4, 0.5) is 10.5 Å². The lowest BCUT2D eigenvalue weighted by atomic mass is 9.88. The molecule has 0 fully saturated rings. The maximum atomic E-state index is 13.1. The summed E-state index contributed by atoms with van der Waals surface area (Å²) in [5, 5.41) is 5.94. The molecule has 7 nitrogen and oxygen atoms in total. The number of amides is 3. The number of furan rings is 1. The third kappa shape index (κ3) is 8.50. The van der Waals surface area contributed by atoms with Crippen molar-refractivity contribution in [2.75, 3.05) is 25.0 Å². The van der Waals surface area contributed by atoms with Crippen LogP contribution in [0.2, 0.25) is 0 Å². The van der Waals surface area contributed by atoms with E-state index in [4.69, 9.17) is 9.15 Å². The highest BCUT2D eigenvalue weighted by molar-refractivity contribution is 5.89. The maximum Gasteiger partial charge on any atom is 0.322 e. The molecule has 0 saturated carbocycles. The van der Waals surface area contributed by atoms with E-state index >= 15 is 0 Å². The number of urea groups is 1. The molecule has 202 valence electrons. The van der Waals surface area contributed by atoms with Gasteiger partial charge in [-0.1, -0.05) is 60.7 Å². The van der Waals surface area contributed by atoms with Crippen LogP contribution >= 0.6 is 0 Å². The summed E-state index contributed by atoms with van der Waals surface area (Å²) >= 11 is 0. The number of anilines is 1. The van der Waals surface area contributed by atoms with Gasteiger partial charge in [0, 0.05) is 31.1 Å². The van der Waals surface area contributed by atoms with E-state index in [9.17, 15) is 9.59 Å². The Morgan fingerprint density at radius 1 is 0.872 bits per heavy atom. The van der Waals surface area contributed by atoms with Crippen LogP contribution in [-0.4, -0.2) is 36.5 Å². The summed E-state index contributed by atoms with van der Waals surface area (Å²) in [6.45, 7) is 3.53. The topological polar surface area (TPSA) is 83.8 Å². The molecule has 0 aliphatic heterocycles. The number of carbonyl (C=O) groups excluding carboxylic acids is 2. The first-order chi connectivity index (χ1) is 19.1. The summed E-state index contributed by atoms with van der Waals surface area (Å²) < 4.78 is 10.9. The van der Waals surface area contributed by atoms with Gasteiger partial charge in [0.05, 0.1) is 19.4 Å². The van der Waals surface area contributed by atoms with Gasteiger partial charge < -0.3 is 24.7 Å². The van der Waals surface area contributed by atoms with E-state index in [1.165, 1.54) is 11.1 Å². The molecule has 39 heavy (non-hydrogen) atoms. The van der Waals surface area contributed by atoms with E-state index in [2.05, 4.69) is 34.9 Å². The summed E-state index contributed by atoms with van der Waals surface area (Å²) in [4.78, 5) is 27.4. The second-order valence-electron chi connectivity index (χ2n) is 9.15. The zero-order valence-electron chi connectivity index (χ0n) is 22.2.